The molecule has 1 aromatic carbocycles. The van der Waals surface area contributed by atoms with Gasteiger partial charge in [0.1, 0.15) is 10.7 Å². The Morgan fingerprint density at radius 1 is 0.828 bits per heavy atom. The zero-order chi connectivity index (χ0) is 20.3. The number of aromatic nitrogens is 3. The van der Waals surface area contributed by atoms with Gasteiger partial charge in [-0.2, -0.15) is 0 Å². The van der Waals surface area contributed by atoms with Gasteiger partial charge in [-0.05, 0) is 24.3 Å². The number of benzene rings is 1. The number of imide groups is 1. The topological polar surface area (TPSA) is 68.1 Å². The third kappa shape index (κ3) is 2.57. The van der Waals surface area contributed by atoms with Gasteiger partial charge in [0.05, 0.1) is 33.1 Å². The first-order chi connectivity index (χ1) is 14.0. The van der Waals surface area contributed by atoms with Gasteiger partial charge in [-0.1, -0.05) is 46.9 Å². The lowest BCUT2D eigenvalue weighted by molar-refractivity contribution is 0.0926. The second-order valence-corrected chi connectivity index (χ2v) is 7.49. The van der Waals surface area contributed by atoms with E-state index in [0.717, 1.165) is 4.90 Å². The smallest absolute Gasteiger partial charge is 0.266 e. The van der Waals surface area contributed by atoms with Crippen LogP contribution < -0.4 is 4.90 Å². The molecule has 0 unspecified atom stereocenters. The predicted octanol–water partition coefficient (Wildman–Crippen LogP) is 5.18. The minimum atomic E-state index is -0.495. The van der Waals surface area contributed by atoms with Crippen molar-refractivity contribution in [2.24, 2.45) is 0 Å². The molecule has 0 bridgehead atoms. The zero-order valence-electron chi connectivity index (χ0n) is 14.4. The van der Waals surface area contributed by atoms with E-state index in [0.29, 0.717) is 27.2 Å². The average Bonchev–Trinajstić information content (AvgIpc) is 3.25. The van der Waals surface area contributed by atoms with Gasteiger partial charge in [0.2, 0.25) is 0 Å². The van der Waals surface area contributed by atoms with Crippen molar-refractivity contribution in [3.05, 3.63) is 81.2 Å². The van der Waals surface area contributed by atoms with Crippen LogP contribution in [0.3, 0.4) is 0 Å². The molecular weight excluding hydrogens is 435 g/mol. The lowest BCUT2D eigenvalue weighted by Crippen LogP contribution is -2.30. The highest BCUT2D eigenvalue weighted by molar-refractivity contribution is 6.45. The molecule has 0 aliphatic carbocycles. The highest BCUT2D eigenvalue weighted by atomic mass is 35.5. The molecule has 29 heavy (non-hydrogen) atoms. The summed E-state index contributed by atoms with van der Waals surface area (Å²) in [5, 5.41) is 1.37. The van der Waals surface area contributed by atoms with Crippen LogP contribution in [-0.4, -0.2) is 26.3 Å². The molecule has 9 heteroatoms. The van der Waals surface area contributed by atoms with Crippen molar-refractivity contribution in [3.8, 4) is 5.82 Å². The van der Waals surface area contributed by atoms with Gasteiger partial charge in [0.25, 0.3) is 11.8 Å². The molecule has 2 amide bonds. The maximum Gasteiger partial charge on any atom is 0.266 e. The van der Waals surface area contributed by atoms with Gasteiger partial charge < -0.3 is 0 Å². The van der Waals surface area contributed by atoms with Gasteiger partial charge in [0, 0.05) is 17.8 Å². The van der Waals surface area contributed by atoms with Gasteiger partial charge >= 0.3 is 0 Å². The van der Waals surface area contributed by atoms with Gasteiger partial charge in [-0.15, -0.1) is 0 Å². The maximum absolute atomic E-state index is 12.9. The number of rotatable bonds is 2. The van der Waals surface area contributed by atoms with Crippen LogP contribution in [0.15, 0.2) is 55.0 Å². The number of hydrogen-bond donors (Lipinski definition) is 0. The number of pyridine rings is 2. The zero-order valence-corrected chi connectivity index (χ0v) is 16.7. The largest absolute Gasteiger partial charge is 0.284 e. The molecule has 0 saturated carbocycles. The molecule has 0 N–H and O–H groups in total. The Morgan fingerprint density at radius 2 is 1.52 bits per heavy atom. The molecule has 0 saturated heterocycles. The SMILES string of the molecule is O=C1c2ccccc2C(=O)N1c1c(Cl)cnc(-n2ccc3c(Cl)ccnc32)c1Cl. The molecule has 4 aromatic rings. The number of fused-ring (bicyclic) bond motifs is 2. The van der Waals surface area contributed by atoms with Crippen LogP contribution in [0.2, 0.25) is 15.1 Å². The van der Waals surface area contributed by atoms with Crippen molar-refractivity contribution >= 4 is 63.3 Å². The number of hydrogen-bond acceptors (Lipinski definition) is 4. The Morgan fingerprint density at radius 3 is 2.21 bits per heavy atom. The summed E-state index contributed by atoms with van der Waals surface area (Å²) in [4.78, 5) is 35.4. The van der Waals surface area contributed by atoms with Crippen LogP contribution in [0, 0.1) is 0 Å². The first-order valence-corrected chi connectivity index (χ1v) is 9.56. The van der Waals surface area contributed by atoms with Crippen LogP contribution in [0.5, 0.6) is 0 Å². The number of nitrogens with zero attached hydrogens (tertiary/aromatic N) is 4. The molecule has 6 nitrogen and oxygen atoms in total. The molecule has 5 rings (SSSR count). The lowest BCUT2D eigenvalue weighted by Gasteiger charge is -2.19. The maximum atomic E-state index is 12.9. The molecule has 3 aromatic heterocycles. The third-order valence-corrected chi connectivity index (χ3v) is 5.67. The lowest BCUT2D eigenvalue weighted by atomic mass is 10.1. The Bertz CT molecular complexity index is 1310. The second kappa shape index (κ2) is 6.56. The molecule has 0 radical (unpaired) electrons. The molecule has 0 atom stereocenters. The second-order valence-electron chi connectivity index (χ2n) is 6.30. The predicted molar refractivity (Wildman–Crippen MR) is 111 cm³/mol. The minimum Gasteiger partial charge on any atom is -0.284 e. The Balaban J connectivity index is 1.72. The van der Waals surface area contributed by atoms with Crippen molar-refractivity contribution in [2.75, 3.05) is 4.90 Å². The van der Waals surface area contributed by atoms with Crippen LogP contribution in [-0.2, 0) is 0 Å². The summed E-state index contributed by atoms with van der Waals surface area (Å²) in [6.07, 6.45) is 4.62. The minimum absolute atomic E-state index is 0.0475. The summed E-state index contributed by atoms with van der Waals surface area (Å²) in [5.41, 5.74) is 1.20. The molecule has 1 aliphatic heterocycles. The number of carbonyl (C=O) groups excluding carboxylic acids is 2. The Kier molecular flexibility index (Phi) is 4.10. The summed E-state index contributed by atoms with van der Waals surface area (Å²) in [5.74, 6) is -0.720. The van der Waals surface area contributed by atoms with Crippen molar-refractivity contribution in [1.82, 2.24) is 14.5 Å². The monoisotopic (exact) mass is 442 g/mol. The van der Waals surface area contributed by atoms with E-state index in [1.54, 1.807) is 53.4 Å². The van der Waals surface area contributed by atoms with Gasteiger partial charge in [-0.3, -0.25) is 14.2 Å². The fourth-order valence-corrected chi connectivity index (χ4v) is 4.19. The molecule has 1 aliphatic rings. The van der Waals surface area contributed by atoms with Crippen LogP contribution in [0.25, 0.3) is 16.9 Å². The first-order valence-electron chi connectivity index (χ1n) is 8.43. The van der Waals surface area contributed by atoms with Crippen LogP contribution in [0.4, 0.5) is 5.69 Å². The fourth-order valence-electron chi connectivity index (χ4n) is 3.39. The van der Waals surface area contributed by atoms with Crippen molar-refractivity contribution in [2.45, 2.75) is 0 Å². The van der Waals surface area contributed by atoms with E-state index in [9.17, 15) is 9.59 Å². The number of carbonyl (C=O) groups is 2. The van der Waals surface area contributed by atoms with E-state index in [-0.39, 0.29) is 21.6 Å². The summed E-state index contributed by atoms with van der Waals surface area (Å²) in [7, 11) is 0. The molecule has 4 heterocycles. The van der Waals surface area contributed by atoms with E-state index in [2.05, 4.69) is 9.97 Å². The summed E-state index contributed by atoms with van der Waals surface area (Å²) in [6.45, 7) is 0. The highest BCUT2D eigenvalue weighted by Gasteiger charge is 2.39. The van der Waals surface area contributed by atoms with Crippen molar-refractivity contribution in [1.29, 1.82) is 0 Å². The quantitative estimate of drug-likeness (QED) is 0.400. The summed E-state index contributed by atoms with van der Waals surface area (Å²) in [6, 6.07) is 10.0. The van der Waals surface area contributed by atoms with Crippen molar-refractivity contribution < 1.29 is 9.59 Å². The van der Waals surface area contributed by atoms with Crippen LogP contribution in [0.1, 0.15) is 20.7 Å². The van der Waals surface area contributed by atoms with E-state index < -0.39 is 11.8 Å². The Labute approximate surface area is 179 Å². The van der Waals surface area contributed by atoms with E-state index in [1.165, 1.54) is 6.20 Å². The summed E-state index contributed by atoms with van der Waals surface area (Å²) < 4.78 is 1.63. The van der Waals surface area contributed by atoms with Crippen molar-refractivity contribution in [3.63, 3.8) is 0 Å². The number of amides is 2. The number of anilines is 1. The van der Waals surface area contributed by atoms with E-state index in [1.807, 2.05) is 0 Å². The fraction of sp³-hybridized carbons (Fsp3) is 0. The molecular formula is C20H9Cl3N4O2. The first kappa shape index (κ1) is 18.1. The normalized spacial score (nSPS) is 13.4. The van der Waals surface area contributed by atoms with Crippen LogP contribution >= 0.6 is 34.8 Å². The number of halogens is 3. The van der Waals surface area contributed by atoms with E-state index in [4.69, 9.17) is 34.8 Å². The standard InChI is InChI=1S/C20H9Cl3N4O2/c21-13-5-7-24-17-12(13)6-8-26(17)18-15(23)16(14(22)9-25-18)27-19(28)10-3-1-2-4-11(10)20(27)29/h1-9H. The molecule has 0 spiro atoms. The van der Waals surface area contributed by atoms with E-state index >= 15 is 0 Å². The summed E-state index contributed by atoms with van der Waals surface area (Å²) >= 11 is 19.2. The Hall–Kier alpha value is -2.93. The van der Waals surface area contributed by atoms with Gasteiger partial charge in [-0.25, -0.2) is 14.9 Å². The highest BCUT2D eigenvalue weighted by Crippen LogP contribution is 2.41. The molecule has 0 fully saturated rings. The third-order valence-electron chi connectivity index (χ3n) is 4.71. The van der Waals surface area contributed by atoms with Gasteiger partial charge in [0.15, 0.2) is 5.82 Å². The molecule has 142 valence electrons. The average molecular weight is 444 g/mol.